The Kier molecular flexibility index (Phi) is 6.26. The van der Waals surface area contributed by atoms with E-state index in [0.29, 0.717) is 6.04 Å². The van der Waals surface area contributed by atoms with Crippen molar-refractivity contribution in [2.45, 2.75) is 19.4 Å². The molecule has 0 fully saturated rings. The van der Waals surface area contributed by atoms with Gasteiger partial charge in [-0.1, -0.05) is 54.6 Å². The lowest BCUT2D eigenvalue weighted by Crippen LogP contribution is -2.29. The molecule has 5 aromatic rings. The Hall–Kier alpha value is -3.18. The van der Waals surface area contributed by atoms with Crippen LogP contribution in [0.15, 0.2) is 115 Å². The lowest BCUT2D eigenvalue weighted by atomic mass is 10.0. The normalized spacial score (nSPS) is 14.9. The Morgan fingerprint density at radius 3 is 1.83 bits per heavy atom. The number of hydrogen-bond donors (Lipinski definition) is 0. The van der Waals surface area contributed by atoms with E-state index in [4.69, 9.17) is 0 Å². The highest BCUT2D eigenvalue weighted by Gasteiger charge is 2.19. The van der Waals surface area contributed by atoms with E-state index < -0.39 is 0 Å². The molecule has 0 aliphatic heterocycles. The molecular weight excluding hydrogens is 483 g/mol. The molecule has 4 heteroatoms. The van der Waals surface area contributed by atoms with Crippen molar-refractivity contribution >= 4 is 45.4 Å². The first kappa shape index (κ1) is 22.3. The summed E-state index contributed by atoms with van der Waals surface area (Å²) in [6.45, 7) is 2.17. The zero-order valence-corrected chi connectivity index (χ0v) is 21.9. The maximum absolute atomic E-state index is 2.43. The number of benzene rings is 2. The van der Waals surface area contributed by atoms with Gasteiger partial charge in [-0.05, 0) is 79.6 Å². The second-order valence-electron chi connectivity index (χ2n) is 8.61. The second-order valence-corrected chi connectivity index (χ2v) is 12.1. The van der Waals surface area contributed by atoms with Crippen LogP contribution in [0.2, 0.25) is 0 Å². The summed E-state index contributed by atoms with van der Waals surface area (Å²) < 4.78 is 0. The molecule has 172 valence electrons. The van der Waals surface area contributed by atoms with Crippen LogP contribution < -0.4 is 4.90 Å². The summed E-state index contributed by atoms with van der Waals surface area (Å²) in [7, 11) is 0. The van der Waals surface area contributed by atoms with Gasteiger partial charge in [-0.3, -0.25) is 0 Å². The first-order chi connectivity index (χ1) is 17.2. The quantitative estimate of drug-likeness (QED) is 0.221. The lowest BCUT2D eigenvalue weighted by Gasteiger charge is -2.32. The zero-order valence-electron chi connectivity index (χ0n) is 19.4. The van der Waals surface area contributed by atoms with E-state index in [1.165, 1.54) is 46.2 Å². The SMILES string of the molecule is Cc1ccc(-c2ccc(-c3ccc(-c4ccc(N(c5ccccc5)C5C=CC=CC5)cc4)s3)s2)s1. The van der Waals surface area contributed by atoms with Crippen LogP contribution in [0.25, 0.3) is 29.9 Å². The van der Waals surface area contributed by atoms with Crippen LogP contribution in [0.1, 0.15) is 11.3 Å². The fourth-order valence-corrected chi connectivity index (χ4v) is 7.53. The minimum Gasteiger partial charge on any atom is -0.334 e. The highest BCUT2D eigenvalue weighted by Crippen LogP contribution is 2.42. The van der Waals surface area contributed by atoms with Gasteiger partial charge in [0.15, 0.2) is 0 Å². The van der Waals surface area contributed by atoms with Crippen LogP contribution >= 0.6 is 34.0 Å². The van der Waals surface area contributed by atoms with Gasteiger partial charge in [-0.15, -0.1) is 34.0 Å². The van der Waals surface area contributed by atoms with E-state index in [2.05, 4.69) is 127 Å². The summed E-state index contributed by atoms with van der Waals surface area (Å²) in [6.07, 6.45) is 9.84. The Balaban J connectivity index is 1.26. The summed E-state index contributed by atoms with van der Waals surface area (Å²) in [5.74, 6) is 0. The molecule has 0 radical (unpaired) electrons. The summed E-state index contributed by atoms with van der Waals surface area (Å²) >= 11 is 5.62. The molecule has 0 amide bonds. The van der Waals surface area contributed by atoms with E-state index >= 15 is 0 Å². The molecule has 0 N–H and O–H groups in total. The number of rotatable bonds is 6. The Morgan fingerprint density at radius 1 is 0.600 bits per heavy atom. The van der Waals surface area contributed by atoms with E-state index in [1.807, 2.05) is 34.0 Å². The predicted molar refractivity (Wildman–Crippen MR) is 156 cm³/mol. The maximum Gasteiger partial charge on any atom is 0.0559 e. The molecule has 1 aliphatic rings. The number of thiophene rings is 3. The molecule has 0 bridgehead atoms. The third-order valence-electron chi connectivity index (χ3n) is 6.19. The average molecular weight is 508 g/mol. The number of allylic oxidation sites excluding steroid dienone is 2. The summed E-state index contributed by atoms with van der Waals surface area (Å²) in [5.41, 5.74) is 3.71. The third-order valence-corrected chi connectivity index (χ3v) is 9.80. The lowest BCUT2D eigenvalue weighted by molar-refractivity contribution is 0.785. The van der Waals surface area contributed by atoms with E-state index in [9.17, 15) is 0 Å². The number of anilines is 2. The van der Waals surface area contributed by atoms with Crippen molar-refractivity contribution in [1.29, 1.82) is 0 Å². The fourth-order valence-electron chi connectivity index (χ4n) is 4.46. The number of nitrogens with zero attached hydrogens (tertiary/aromatic N) is 1. The Labute approximate surface area is 219 Å². The van der Waals surface area contributed by atoms with Crippen LogP contribution in [0.5, 0.6) is 0 Å². The molecule has 3 heterocycles. The van der Waals surface area contributed by atoms with Gasteiger partial charge >= 0.3 is 0 Å². The molecule has 3 aromatic heterocycles. The standard InChI is InChI=1S/C31H25NS3/c1-22-12-17-28(33-22)29-20-21-31(35-29)30-19-18-27(34-30)23-13-15-26(16-14-23)32(24-8-4-2-5-9-24)25-10-6-3-7-11-25/h2-10,12-21,25H,11H2,1H3. The molecule has 35 heavy (non-hydrogen) atoms. The summed E-state index contributed by atoms with van der Waals surface area (Å²) in [5, 5.41) is 0. The molecule has 1 nitrogen and oxygen atoms in total. The van der Waals surface area contributed by atoms with Crippen molar-refractivity contribution in [3.8, 4) is 29.9 Å². The average Bonchev–Trinajstić information content (AvgIpc) is 3.67. The predicted octanol–water partition coefficient (Wildman–Crippen LogP) is 10.2. The van der Waals surface area contributed by atoms with Crippen LogP contribution in [-0.2, 0) is 0 Å². The molecule has 1 unspecified atom stereocenters. The fraction of sp³-hybridized carbons (Fsp3) is 0.0968. The Morgan fingerprint density at radius 2 is 1.20 bits per heavy atom. The topological polar surface area (TPSA) is 3.24 Å². The maximum atomic E-state index is 2.43. The van der Waals surface area contributed by atoms with Gasteiger partial charge in [0.1, 0.15) is 0 Å². The first-order valence-electron chi connectivity index (χ1n) is 11.8. The minimum atomic E-state index is 0.321. The van der Waals surface area contributed by atoms with Crippen molar-refractivity contribution in [3.05, 3.63) is 120 Å². The van der Waals surface area contributed by atoms with Gasteiger partial charge in [-0.25, -0.2) is 0 Å². The molecule has 0 spiro atoms. The van der Waals surface area contributed by atoms with Gasteiger partial charge in [0.2, 0.25) is 0 Å². The second kappa shape index (κ2) is 9.82. The van der Waals surface area contributed by atoms with Crippen molar-refractivity contribution in [2.24, 2.45) is 0 Å². The molecule has 1 atom stereocenters. The van der Waals surface area contributed by atoms with Gasteiger partial charge in [0.25, 0.3) is 0 Å². The van der Waals surface area contributed by atoms with Crippen LogP contribution in [-0.4, -0.2) is 6.04 Å². The van der Waals surface area contributed by atoms with Crippen molar-refractivity contribution in [3.63, 3.8) is 0 Å². The van der Waals surface area contributed by atoms with Gasteiger partial charge < -0.3 is 4.90 Å². The van der Waals surface area contributed by atoms with E-state index in [0.717, 1.165) is 6.42 Å². The smallest absolute Gasteiger partial charge is 0.0559 e. The van der Waals surface area contributed by atoms with Crippen molar-refractivity contribution in [2.75, 3.05) is 4.90 Å². The van der Waals surface area contributed by atoms with Gasteiger partial charge in [0.05, 0.1) is 6.04 Å². The number of para-hydroxylation sites is 1. The third kappa shape index (κ3) is 4.70. The van der Waals surface area contributed by atoms with E-state index in [1.54, 1.807) is 0 Å². The van der Waals surface area contributed by atoms with E-state index in [-0.39, 0.29) is 0 Å². The van der Waals surface area contributed by atoms with Crippen LogP contribution in [0.3, 0.4) is 0 Å². The molecule has 6 rings (SSSR count). The highest BCUT2D eigenvalue weighted by molar-refractivity contribution is 7.27. The monoisotopic (exact) mass is 507 g/mol. The molecule has 1 aliphatic carbocycles. The van der Waals surface area contributed by atoms with Crippen LogP contribution in [0.4, 0.5) is 11.4 Å². The van der Waals surface area contributed by atoms with Crippen LogP contribution in [0, 0.1) is 6.92 Å². The van der Waals surface area contributed by atoms with Crippen molar-refractivity contribution < 1.29 is 0 Å². The van der Waals surface area contributed by atoms with Gasteiger partial charge in [-0.2, -0.15) is 0 Å². The summed E-state index contributed by atoms with van der Waals surface area (Å²) in [4.78, 5) is 10.5. The molecular formula is C31H25NS3. The summed E-state index contributed by atoms with van der Waals surface area (Å²) in [6, 6.07) is 33.5. The largest absolute Gasteiger partial charge is 0.334 e. The Bertz CT molecular complexity index is 1480. The minimum absolute atomic E-state index is 0.321. The molecule has 0 saturated heterocycles. The van der Waals surface area contributed by atoms with Crippen molar-refractivity contribution in [1.82, 2.24) is 0 Å². The van der Waals surface area contributed by atoms with Gasteiger partial charge in [0, 0.05) is 40.6 Å². The molecule has 0 saturated carbocycles. The number of hydrogen-bond acceptors (Lipinski definition) is 4. The number of aryl methyl sites for hydroxylation is 1. The zero-order chi connectivity index (χ0) is 23.6. The molecule has 2 aromatic carbocycles. The first-order valence-corrected chi connectivity index (χ1v) is 14.2. The highest BCUT2D eigenvalue weighted by atomic mass is 32.1.